The molecule has 0 saturated heterocycles. The van der Waals surface area contributed by atoms with Crippen LogP contribution in [0.2, 0.25) is 0 Å². The van der Waals surface area contributed by atoms with Crippen LogP contribution in [0.5, 0.6) is 5.75 Å². The monoisotopic (exact) mass is 321 g/mol. The number of ether oxygens (including phenoxy) is 1. The molecule has 3 aromatic rings. The first-order chi connectivity index (χ1) is 11.8. The lowest BCUT2D eigenvalue weighted by Gasteiger charge is -2.17. The topological polar surface area (TPSA) is 55.6 Å². The fourth-order valence-electron chi connectivity index (χ4n) is 3.36. The van der Waals surface area contributed by atoms with Gasteiger partial charge in [-0.25, -0.2) is 4.98 Å². The van der Waals surface area contributed by atoms with Gasteiger partial charge < -0.3 is 14.5 Å². The number of nitrogens with one attached hydrogen (secondary N) is 1. The molecule has 3 heterocycles. The largest absolute Gasteiger partial charge is 0.494 e. The van der Waals surface area contributed by atoms with Crippen LogP contribution in [-0.4, -0.2) is 21.9 Å². The first-order valence-electron chi connectivity index (χ1n) is 8.21. The van der Waals surface area contributed by atoms with Gasteiger partial charge >= 0.3 is 0 Å². The number of pyridine rings is 1. The predicted octanol–water partition coefficient (Wildman–Crippen LogP) is 2.88. The molecule has 0 saturated carbocycles. The van der Waals surface area contributed by atoms with E-state index in [2.05, 4.69) is 15.8 Å². The zero-order chi connectivity index (χ0) is 16.5. The Morgan fingerprint density at radius 3 is 3.08 bits per heavy atom. The van der Waals surface area contributed by atoms with E-state index in [0.29, 0.717) is 19.6 Å². The average molecular weight is 321 g/mol. The minimum Gasteiger partial charge on any atom is -0.494 e. The summed E-state index contributed by atoms with van der Waals surface area (Å²) < 4.78 is 7.72. The number of aromatic nitrogens is 2. The maximum Gasteiger partial charge on any atom is 0.221 e. The first kappa shape index (κ1) is 14.8. The first-order valence-corrected chi connectivity index (χ1v) is 8.21. The van der Waals surface area contributed by atoms with Crippen molar-refractivity contribution < 1.29 is 9.53 Å². The van der Waals surface area contributed by atoms with Crippen LogP contribution in [-0.2, 0) is 11.3 Å². The molecule has 0 spiro atoms. The molecule has 1 aliphatic heterocycles. The summed E-state index contributed by atoms with van der Waals surface area (Å²) in [6, 6.07) is 14.0. The number of fused-ring (bicyclic) bond motifs is 3. The molecule has 1 aromatic carbocycles. The number of imidazole rings is 1. The van der Waals surface area contributed by atoms with E-state index >= 15 is 0 Å². The van der Waals surface area contributed by atoms with E-state index in [-0.39, 0.29) is 11.8 Å². The van der Waals surface area contributed by atoms with Gasteiger partial charge in [0.05, 0.1) is 24.5 Å². The van der Waals surface area contributed by atoms with Crippen molar-refractivity contribution in [3.63, 3.8) is 0 Å². The summed E-state index contributed by atoms with van der Waals surface area (Å²) in [5.41, 5.74) is 3.99. The van der Waals surface area contributed by atoms with Crippen molar-refractivity contribution in [1.29, 1.82) is 0 Å². The molecule has 0 bridgehead atoms. The molecule has 24 heavy (non-hydrogen) atoms. The molecule has 0 radical (unpaired) electrons. The molecule has 0 fully saturated rings. The van der Waals surface area contributed by atoms with Gasteiger partial charge in [-0.05, 0) is 36.8 Å². The zero-order valence-corrected chi connectivity index (χ0v) is 13.5. The van der Waals surface area contributed by atoms with Gasteiger partial charge in [0.2, 0.25) is 5.91 Å². The van der Waals surface area contributed by atoms with Crippen molar-refractivity contribution >= 4 is 11.6 Å². The molecule has 0 aliphatic carbocycles. The van der Waals surface area contributed by atoms with Gasteiger partial charge in [-0.2, -0.15) is 0 Å². The highest BCUT2D eigenvalue weighted by molar-refractivity contribution is 5.78. The van der Waals surface area contributed by atoms with Crippen LogP contribution in [0.1, 0.15) is 36.2 Å². The summed E-state index contributed by atoms with van der Waals surface area (Å²) >= 11 is 0. The number of nitrogens with zero attached hydrogens (tertiary/aromatic N) is 2. The summed E-state index contributed by atoms with van der Waals surface area (Å²) in [7, 11) is 0. The lowest BCUT2D eigenvalue weighted by molar-refractivity contribution is -0.121. The number of hydrogen-bond acceptors (Lipinski definition) is 3. The highest BCUT2D eigenvalue weighted by Crippen LogP contribution is 2.34. The van der Waals surface area contributed by atoms with E-state index in [0.717, 1.165) is 28.3 Å². The molecule has 1 aliphatic rings. The SMILES string of the molecule is CCOc1cccc(C2CC(=O)NCc3nc4ccccn4c32)c1. The summed E-state index contributed by atoms with van der Waals surface area (Å²) in [6.07, 6.45) is 2.42. The maximum atomic E-state index is 12.2. The van der Waals surface area contributed by atoms with Gasteiger partial charge in [-0.15, -0.1) is 0 Å². The van der Waals surface area contributed by atoms with E-state index in [1.165, 1.54) is 0 Å². The molecule has 2 aromatic heterocycles. The highest BCUT2D eigenvalue weighted by atomic mass is 16.5. The van der Waals surface area contributed by atoms with Crippen molar-refractivity contribution in [3.05, 3.63) is 65.6 Å². The highest BCUT2D eigenvalue weighted by Gasteiger charge is 2.28. The van der Waals surface area contributed by atoms with Crippen molar-refractivity contribution in [3.8, 4) is 5.75 Å². The molecule has 5 nitrogen and oxygen atoms in total. The van der Waals surface area contributed by atoms with Crippen molar-refractivity contribution in [2.45, 2.75) is 25.8 Å². The molecule has 1 atom stereocenters. The molecular weight excluding hydrogens is 302 g/mol. The van der Waals surface area contributed by atoms with Crippen molar-refractivity contribution in [1.82, 2.24) is 14.7 Å². The molecule has 122 valence electrons. The van der Waals surface area contributed by atoms with Gasteiger partial charge in [0.15, 0.2) is 0 Å². The molecule has 1 unspecified atom stereocenters. The number of hydrogen-bond donors (Lipinski definition) is 1. The summed E-state index contributed by atoms with van der Waals surface area (Å²) in [5, 5.41) is 2.96. The third-order valence-electron chi connectivity index (χ3n) is 4.39. The van der Waals surface area contributed by atoms with E-state index in [1.807, 2.05) is 49.5 Å². The van der Waals surface area contributed by atoms with Crippen molar-refractivity contribution in [2.75, 3.05) is 6.61 Å². The van der Waals surface area contributed by atoms with E-state index in [4.69, 9.17) is 9.72 Å². The Morgan fingerprint density at radius 1 is 1.29 bits per heavy atom. The van der Waals surface area contributed by atoms with Crippen LogP contribution in [0.15, 0.2) is 48.7 Å². The second-order valence-corrected chi connectivity index (χ2v) is 5.91. The Bertz CT molecular complexity index is 901. The Hall–Kier alpha value is -2.82. The Labute approximate surface area is 140 Å². The van der Waals surface area contributed by atoms with E-state index in [9.17, 15) is 4.79 Å². The Balaban J connectivity index is 1.88. The summed E-state index contributed by atoms with van der Waals surface area (Å²) in [6.45, 7) is 3.06. The second-order valence-electron chi connectivity index (χ2n) is 5.91. The average Bonchev–Trinajstić information content (AvgIpc) is 2.88. The van der Waals surface area contributed by atoms with Crippen LogP contribution in [0.25, 0.3) is 5.65 Å². The lowest BCUT2D eigenvalue weighted by Crippen LogP contribution is -2.21. The minimum atomic E-state index is -0.0414. The number of amides is 1. The molecule has 1 N–H and O–H groups in total. The van der Waals surface area contributed by atoms with Crippen LogP contribution >= 0.6 is 0 Å². The third kappa shape index (κ3) is 2.52. The second kappa shape index (κ2) is 6.00. The standard InChI is InChI=1S/C19H19N3O2/c1-2-24-14-7-5-6-13(10-14)15-11-18(23)20-12-16-19(15)22-9-4-3-8-17(22)21-16/h3-10,15H,2,11-12H2,1H3,(H,20,23). The number of rotatable bonds is 3. The lowest BCUT2D eigenvalue weighted by atomic mass is 9.91. The Morgan fingerprint density at radius 2 is 2.21 bits per heavy atom. The predicted molar refractivity (Wildman–Crippen MR) is 91.1 cm³/mol. The van der Waals surface area contributed by atoms with Gasteiger partial charge in [0, 0.05) is 18.5 Å². The van der Waals surface area contributed by atoms with Gasteiger partial charge in [-0.3, -0.25) is 4.79 Å². The molecular formula is C19H19N3O2. The summed E-state index contributed by atoms with van der Waals surface area (Å²) in [5.74, 6) is 0.833. The fourth-order valence-corrected chi connectivity index (χ4v) is 3.36. The number of carbonyl (C=O) groups is 1. The third-order valence-corrected chi connectivity index (χ3v) is 4.39. The van der Waals surface area contributed by atoms with Crippen LogP contribution in [0.3, 0.4) is 0 Å². The smallest absolute Gasteiger partial charge is 0.221 e. The zero-order valence-electron chi connectivity index (χ0n) is 13.5. The summed E-state index contributed by atoms with van der Waals surface area (Å²) in [4.78, 5) is 16.9. The van der Waals surface area contributed by atoms with E-state index < -0.39 is 0 Å². The van der Waals surface area contributed by atoms with E-state index in [1.54, 1.807) is 0 Å². The normalized spacial score (nSPS) is 17.2. The minimum absolute atomic E-state index is 0.0414. The maximum absolute atomic E-state index is 12.2. The van der Waals surface area contributed by atoms with Gasteiger partial charge in [-0.1, -0.05) is 18.2 Å². The molecule has 1 amide bonds. The Kier molecular flexibility index (Phi) is 3.69. The van der Waals surface area contributed by atoms with Crippen LogP contribution < -0.4 is 10.1 Å². The quantitative estimate of drug-likeness (QED) is 0.807. The van der Waals surface area contributed by atoms with Gasteiger partial charge in [0.1, 0.15) is 11.4 Å². The fraction of sp³-hybridized carbons (Fsp3) is 0.263. The van der Waals surface area contributed by atoms with Crippen LogP contribution in [0, 0.1) is 0 Å². The molecule has 4 rings (SSSR count). The number of benzene rings is 1. The van der Waals surface area contributed by atoms with Gasteiger partial charge in [0.25, 0.3) is 0 Å². The molecule has 5 heteroatoms. The number of carbonyl (C=O) groups excluding carboxylic acids is 1. The van der Waals surface area contributed by atoms with Crippen molar-refractivity contribution in [2.24, 2.45) is 0 Å². The van der Waals surface area contributed by atoms with Crippen LogP contribution in [0.4, 0.5) is 0 Å².